The van der Waals surface area contributed by atoms with E-state index in [2.05, 4.69) is 24.3 Å². The third-order valence-electron chi connectivity index (χ3n) is 3.79. The monoisotopic (exact) mass is 337 g/mol. The quantitative estimate of drug-likeness (QED) is 0.758. The average Bonchev–Trinajstić information content (AvgIpc) is 2.98. The lowest BCUT2D eigenvalue weighted by molar-refractivity contribution is -0.120. The number of nitrogens with two attached hydrogens (primary N) is 1. The van der Waals surface area contributed by atoms with Crippen molar-refractivity contribution < 1.29 is 9.32 Å². The van der Waals surface area contributed by atoms with Crippen LogP contribution in [0.3, 0.4) is 0 Å². The van der Waals surface area contributed by atoms with Crippen molar-refractivity contribution in [3.8, 4) is 0 Å². The number of amides is 1. The molecule has 0 fully saturated rings. The van der Waals surface area contributed by atoms with Gasteiger partial charge in [0, 0.05) is 17.7 Å². The average molecular weight is 338 g/mol. The van der Waals surface area contributed by atoms with Crippen LogP contribution in [0.15, 0.2) is 34.9 Å². The van der Waals surface area contributed by atoms with Crippen molar-refractivity contribution in [1.82, 2.24) is 10.5 Å². The van der Waals surface area contributed by atoms with Gasteiger partial charge in [-0.2, -0.15) is 0 Å². The van der Waals surface area contributed by atoms with E-state index in [4.69, 9.17) is 10.3 Å². The number of rotatable bonds is 7. The Morgan fingerprint density at radius 3 is 2.52 bits per heavy atom. The van der Waals surface area contributed by atoms with Crippen LogP contribution in [0.5, 0.6) is 0 Å². The summed E-state index contributed by atoms with van der Waals surface area (Å²) in [5, 5.41) is 6.94. The molecule has 0 aliphatic carbocycles. The summed E-state index contributed by atoms with van der Waals surface area (Å²) < 4.78 is 5.28. The van der Waals surface area contributed by atoms with Crippen LogP contribution < -0.4 is 11.1 Å². The smallest absolute Gasteiger partial charge is 0.224 e. The fourth-order valence-corrected chi connectivity index (χ4v) is 2.38. The van der Waals surface area contributed by atoms with E-state index in [0.717, 1.165) is 24.1 Å². The molecule has 0 saturated heterocycles. The standard InChI is InChI=1S/C17H23N3O2.ClH/c1-3-13(4-2)16-10-15(22-20-16)11-19-17(21)9-12-5-7-14(18)8-6-12;/h5-8,10,13H,3-4,9,11,18H2,1-2H3,(H,19,21);1H. The van der Waals surface area contributed by atoms with Gasteiger partial charge in [-0.25, -0.2) is 0 Å². The first-order chi connectivity index (χ1) is 10.6. The number of aromatic nitrogens is 1. The first-order valence-electron chi connectivity index (χ1n) is 7.69. The van der Waals surface area contributed by atoms with Gasteiger partial charge in [-0.05, 0) is 30.5 Å². The lowest BCUT2D eigenvalue weighted by Gasteiger charge is -2.06. The summed E-state index contributed by atoms with van der Waals surface area (Å²) in [5.74, 6) is 1.06. The van der Waals surface area contributed by atoms with Crippen LogP contribution >= 0.6 is 12.4 Å². The molecule has 5 nitrogen and oxygen atoms in total. The van der Waals surface area contributed by atoms with E-state index in [-0.39, 0.29) is 18.3 Å². The highest BCUT2D eigenvalue weighted by atomic mass is 35.5. The highest BCUT2D eigenvalue weighted by Crippen LogP contribution is 2.22. The molecule has 0 aliphatic rings. The van der Waals surface area contributed by atoms with E-state index in [9.17, 15) is 4.79 Å². The predicted octanol–water partition coefficient (Wildman–Crippen LogP) is 3.44. The molecule has 0 saturated carbocycles. The first kappa shape index (κ1) is 19.0. The second kappa shape index (κ2) is 9.20. The van der Waals surface area contributed by atoms with Crippen LogP contribution in [0.1, 0.15) is 49.6 Å². The largest absolute Gasteiger partial charge is 0.399 e. The molecule has 0 aliphatic heterocycles. The fraction of sp³-hybridized carbons (Fsp3) is 0.412. The minimum Gasteiger partial charge on any atom is -0.399 e. The zero-order chi connectivity index (χ0) is 15.9. The van der Waals surface area contributed by atoms with Crippen molar-refractivity contribution in [3.05, 3.63) is 47.3 Å². The lowest BCUT2D eigenvalue weighted by Crippen LogP contribution is -2.24. The number of halogens is 1. The van der Waals surface area contributed by atoms with Crippen LogP contribution in [0.4, 0.5) is 5.69 Å². The molecular weight excluding hydrogens is 314 g/mol. The Kier molecular flexibility index (Phi) is 7.62. The summed E-state index contributed by atoms with van der Waals surface area (Å²) in [6.07, 6.45) is 2.39. The van der Waals surface area contributed by atoms with Crippen molar-refractivity contribution in [3.63, 3.8) is 0 Å². The van der Waals surface area contributed by atoms with Crippen molar-refractivity contribution >= 4 is 24.0 Å². The van der Waals surface area contributed by atoms with Gasteiger partial charge >= 0.3 is 0 Å². The first-order valence-corrected chi connectivity index (χ1v) is 7.69. The van der Waals surface area contributed by atoms with Gasteiger partial charge in [-0.3, -0.25) is 4.79 Å². The third-order valence-corrected chi connectivity index (χ3v) is 3.79. The molecule has 23 heavy (non-hydrogen) atoms. The highest BCUT2D eigenvalue weighted by Gasteiger charge is 2.13. The number of nitrogen functional groups attached to an aromatic ring is 1. The number of nitrogens with one attached hydrogen (secondary N) is 1. The maximum Gasteiger partial charge on any atom is 0.224 e. The Morgan fingerprint density at radius 1 is 1.26 bits per heavy atom. The zero-order valence-corrected chi connectivity index (χ0v) is 14.4. The summed E-state index contributed by atoms with van der Waals surface area (Å²) in [7, 11) is 0. The van der Waals surface area contributed by atoms with Gasteiger partial charge in [0.2, 0.25) is 5.91 Å². The molecule has 0 bridgehead atoms. The molecule has 3 N–H and O–H groups in total. The predicted molar refractivity (Wildman–Crippen MR) is 93.5 cm³/mol. The number of carbonyl (C=O) groups is 1. The molecule has 2 aromatic rings. The molecule has 6 heteroatoms. The van der Waals surface area contributed by atoms with Crippen molar-refractivity contribution in [2.45, 2.75) is 45.6 Å². The second-order valence-electron chi connectivity index (χ2n) is 5.43. The summed E-state index contributed by atoms with van der Waals surface area (Å²) in [6, 6.07) is 9.23. The number of anilines is 1. The van der Waals surface area contributed by atoms with Gasteiger partial charge in [-0.15, -0.1) is 12.4 Å². The van der Waals surface area contributed by atoms with Gasteiger partial charge in [0.1, 0.15) is 0 Å². The number of nitrogens with zero attached hydrogens (tertiary/aromatic N) is 1. The summed E-state index contributed by atoms with van der Waals surface area (Å²) >= 11 is 0. The molecule has 1 aromatic carbocycles. The molecule has 0 spiro atoms. The number of benzene rings is 1. The Morgan fingerprint density at radius 2 is 1.91 bits per heavy atom. The molecule has 2 rings (SSSR count). The van der Waals surface area contributed by atoms with Gasteiger partial charge in [0.25, 0.3) is 0 Å². The molecule has 1 heterocycles. The van der Waals surface area contributed by atoms with E-state index < -0.39 is 0 Å². The maximum atomic E-state index is 11.9. The van der Waals surface area contributed by atoms with E-state index in [1.165, 1.54) is 0 Å². The molecular formula is C17H24ClN3O2. The molecule has 1 amide bonds. The summed E-state index contributed by atoms with van der Waals surface area (Å²) in [6.45, 7) is 4.63. The normalized spacial score (nSPS) is 10.4. The zero-order valence-electron chi connectivity index (χ0n) is 13.5. The number of hydrogen-bond donors (Lipinski definition) is 2. The Labute approximate surface area is 143 Å². The van der Waals surface area contributed by atoms with Crippen LogP contribution in [0.25, 0.3) is 0 Å². The van der Waals surface area contributed by atoms with Crippen molar-refractivity contribution in [2.24, 2.45) is 0 Å². The minimum atomic E-state index is -0.0507. The van der Waals surface area contributed by atoms with E-state index in [0.29, 0.717) is 30.3 Å². The SMILES string of the molecule is CCC(CC)c1cc(CNC(=O)Cc2ccc(N)cc2)on1.Cl. The van der Waals surface area contributed by atoms with Gasteiger partial charge in [-0.1, -0.05) is 31.1 Å². The lowest BCUT2D eigenvalue weighted by atomic mass is 9.99. The summed E-state index contributed by atoms with van der Waals surface area (Å²) in [5.41, 5.74) is 8.21. The molecule has 0 atom stereocenters. The molecule has 1 aromatic heterocycles. The van der Waals surface area contributed by atoms with E-state index in [1.807, 2.05) is 18.2 Å². The van der Waals surface area contributed by atoms with Crippen LogP contribution in [0, 0.1) is 0 Å². The topological polar surface area (TPSA) is 81.2 Å². The Balaban J connectivity index is 0.00000264. The van der Waals surface area contributed by atoms with Crippen LogP contribution in [0.2, 0.25) is 0 Å². The van der Waals surface area contributed by atoms with Crippen molar-refractivity contribution in [1.29, 1.82) is 0 Å². The molecule has 126 valence electrons. The summed E-state index contributed by atoms with van der Waals surface area (Å²) in [4.78, 5) is 11.9. The van der Waals surface area contributed by atoms with E-state index in [1.54, 1.807) is 12.1 Å². The molecule has 0 unspecified atom stereocenters. The van der Waals surface area contributed by atoms with Gasteiger partial charge in [0.05, 0.1) is 18.7 Å². The maximum absolute atomic E-state index is 11.9. The number of carbonyl (C=O) groups excluding carboxylic acids is 1. The minimum absolute atomic E-state index is 0. The highest BCUT2D eigenvalue weighted by molar-refractivity contribution is 5.85. The van der Waals surface area contributed by atoms with Gasteiger partial charge < -0.3 is 15.6 Å². The fourth-order valence-electron chi connectivity index (χ4n) is 2.38. The van der Waals surface area contributed by atoms with E-state index >= 15 is 0 Å². The van der Waals surface area contributed by atoms with Crippen molar-refractivity contribution in [2.75, 3.05) is 5.73 Å². The van der Waals surface area contributed by atoms with Crippen LogP contribution in [-0.2, 0) is 17.8 Å². The third kappa shape index (κ3) is 5.60. The van der Waals surface area contributed by atoms with Crippen LogP contribution in [-0.4, -0.2) is 11.1 Å². The van der Waals surface area contributed by atoms with Gasteiger partial charge in [0.15, 0.2) is 5.76 Å². The Bertz CT molecular complexity index is 607. The number of hydrogen-bond acceptors (Lipinski definition) is 4. The molecule has 0 radical (unpaired) electrons. The Hall–Kier alpha value is -2.01. The second-order valence-corrected chi connectivity index (χ2v) is 5.43.